The molecule has 6 heteroatoms. The number of hydrogen-bond acceptors (Lipinski definition) is 6. The first-order valence-electron chi connectivity index (χ1n) is 5.58. The summed E-state index contributed by atoms with van der Waals surface area (Å²) >= 11 is 0. The highest BCUT2D eigenvalue weighted by Crippen LogP contribution is 2.28. The van der Waals surface area contributed by atoms with Gasteiger partial charge in [-0.05, 0) is 11.1 Å². The molecule has 0 radical (unpaired) electrons. The molecular weight excluding hydrogens is 256 g/mol. The lowest BCUT2D eigenvalue weighted by molar-refractivity contribution is 0.0991. The molecular formula is C14H10N4O2. The molecule has 98 valence electrons. The van der Waals surface area contributed by atoms with E-state index in [0.29, 0.717) is 0 Å². The van der Waals surface area contributed by atoms with E-state index < -0.39 is 24.0 Å². The summed E-state index contributed by atoms with van der Waals surface area (Å²) in [5.74, 6) is 0. The highest BCUT2D eigenvalue weighted by atomic mass is 16.3. The van der Waals surface area contributed by atoms with Crippen molar-refractivity contribution in [2.45, 2.75) is 24.0 Å². The van der Waals surface area contributed by atoms with Crippen LogP contribution < -0.4 is 0 Å². The van der Waals surface area contributed by atoms with Gasteiger partial charge in [0.15, 0.2) is 11.2 Å². The van der Waals surface area contributed by atoms with E-state index in [-0.39, 0.29) is 11.1 Å². The lowest BCUT2D eigenvalue weighted by Crippen LogP contribution is -2.25. The zero-order valence-corrected chi connectivity index (χ0v) is 10.4. The predicted octanol–water partition coefficient (Wildman–Crippen LogP) is 0.936. The molecule has 1 aromatic carbocycles. The second-order valence-corrected chi connectivity index (χ2v) is 4.19. The van der Waals surface area contributed by atoms with E-state index >= 15 is 0 Å². The van der Waals surface area contributed by atoms with Crippen LogP contribution in [0.3, 0.4) is 0 Å². The van der Waals surface area contributed by atoms with E-state index in [4.69, 9.17) is 21.0 Å². The first-order chi connectivity index (χ1) is 9.45. The maximum Gasteiger partial charge on any atom is 0.189 e. The summed E-state index contributed by atoms with van der Waals surface area (Å²) < 4.78 is 0. The maximum absolute atomic E-state index is 9.98. The summed E-state index contributed by atoms with van der Waals surface area (Å²) in [5.41, 5.74) is -3.51. The molecule has 0 amide bonds. The topological polar surface area (TPSA) is 136 Å². The van der Waals surface area contributed by atoms with Crippen molar-refractivity contribution in [1.29, 1.82) is 21.0 Å². The Labute approximate surface area is 116 Å². The largest absolute Gasteiger partial charge is 0.371 e. The third kappa shape index (κ3) is 2.74. The van der Waals surface area contributed by atoms with E-state index in [2.05, 4.69) is 0 Å². The first-order valence-corrected chi connectivity index (χ1v) is 5.58. The lowest BCUT2D eigenvalue weighted by atomic mass is 9.87. The van der Waals surface area contributed by atoms with Gasteiger partial charge < -0.3 is 10.2 Å². The van der Waals surface area contributed by atoms with E-state index in [1.807, 2.05) is 0 Å². The predicted molar refractivity (Wildman–Crippen MR) is 65.9 cm³/mol. The Hall–Kier alpha value is -2.90. The Kier molecular flexibility index (Phi) is 4.42. The van der Waals surface area contributed by atoms with Gasteiger partial charge in [0, 0.05) is 0 Å². The number of nitriles is 4. The van der Waals surface area contributed by atoms with Gasteiger partial charge in [-0.3, -0.25) is 0 Å². The molecule has 0 aromatic heterocycles. The molecule has 0 aliphatic carbocycles. The number of aliphatic hydroxyl groups is 2. The van der Waals surface area contributed by atoms with Crippen molar-refractivity contribution in [3.63, 3.8) is 0 Å². The molecule has 0 aliphatic heterocycles. The molecule has 2 atom stereocenters. The van der Waals surface area contributed by atoms with E-state index in [1.165, 1.54) is 24.3 Å². The molecule has 0 heterocycles. The zero-order chi connectivity index (χ0) is 15.2. The summed E-state index contributed by atoms with van der Waals surface area (Å²) in [7, 11) is 0. The van der Waals surface area contributed by atoms with Gasteiger partial charge in [-0.15, -0.1) is 0 Å². The van der Waals surface area contributed by atoms with Crippen molar-refractivity contribution in [3.8, 4) is 24.3 Å². The summed E-state index contributed by atoms with van der Waals surface area (Å²) in [5, 5.41) is 55.0. The second kappa shape index (κ2) is 5.83. The van der Waals surface area contributed by atoms with E-state index in [1.54, 1.807) is 24.3 Å². The van der Waals surface area contributed by atoms with Gasteiger partial charge in [0.25, 0.3) is 0 Å². The van der Waals surface area contributed by atoms with Crippen molar-refractivity contribution in [3.05, 3.63) is 35.4 Å². The van der Waals surface area contributed by atoms with Crippen molar-refractivity contribution in [1.82, 2.24) is 0 Å². The molecule has 0 aliphatic rings. The molecule has 1 aromatic rings. The summed E-state index contributed by atoms with van der Waals surface area (Å²) in [6.45, 7) is 0. The standard InChI is InChI=1S/C14H10N4O2/c15-7-5-13(19,9-17)11-1-2-12(4-3-11)14(20,10-18)6-8-16/h1-4,19-20H,5-6H2. The number of nitrogens with zero attached hydrogens (tertiary/aromatic N) is 4. The number of hydrogen-bond donors (Lipinski definition) is 2. The normalized spacial score (nSPS) is 15.5. The third-order valence-electron chi connectivity index (χ3n) is 2.88. The minimum Gasteiger partial charge on any atom is -0.371 e. The molecule has 0 saturated carbocycles. The number of rotatable bonds is 4. The van der Waals surface area contributed by atoms with Gasteiger partial charge >= 0.3 is 0 Å². The van der Waals surface area contributed by atoms with Crippen LogP contribution >= 0.6 is 0 Å². The van der Waals surface area contributed by atoms with Crippen molar-refractivity contribution in [2.75, 3.05) is 0 Å². The Morgan fingerprint density at radius 1 is 0.750 bits per heavy atom. The Morgan fingerprint density at radius 2 is 1.05 bits per heavy atom. The molecule has 0 saturated heterocycles. The van der Waals surface area contributed by atoms with Crippen molar-refractivity contribution < 1.29 is 10.2 Å². The highest BCUT2D eigenvalue weighted by molar-refractivity contribution is 5.37. The monoisotopic (exact) mass is 266 g/mol. The molecule has 2 unspecified atom stereocenters. The lowest BCUT2D eigenvalue weighted by Gasteiger charge is -2.20. The van der Waals surface area contributed by atoms with Crippen LogP contribution in [0.5, 0.6) is 0 Å². The molecule has 0 spiro atoms. The summed E-state index contributed by atoms with van der Waals surface area (Å²) in [4.78, 5) is 0. The van der Waals surface area contributed by atoms with Crippen LogP contribution in [0.1, 0.15) is 24.0 Å². The molecule has 6 nitrogen and oxygen atoms in total. The van der Waals surface area contributed by atoms with Gasteiger partial charge in [-0.1, -0.05) is 24.3 Å². The molecule has 1 rings (SSSR count). The minimum absolute atomic E-state index is 0.183. The third-order valence-corrected chi connectivity index (χ3v) is 2.88. The van der Waals surface area contributed by atoms with Crippen LogP contribution in [0, 0.1) is 45.3 Å². The highest BCUT2D eigenvalue weighted by Gasteiger charge is 2.32. The quantitative estimate of drug-likeness (QED) is 0.778. The fourth-order valence-corrected chi connectivity index (χ4v) is 1.66. The van der Waals surface area contributed by atoms with E-state index in [9.17, 15) is 10.2 Å². The van der Waals surface area contributed by atoms with Crippen LogP contribution in [-0.2, 0) is 11.2 Å². The van der Waals surface area contributed by atoms with Crippen molar-refractivity contribution in [2.24, 2.45) is 0 Å². The number of benzene rings is 1. The summed E-state index contributed by atoms with van der Waals surface area (Å²) in [6.07, 6.45) is -0.798. The smallest absolute Gasteiger partial charge is 0.189 e. The fourth-order valence-electron chi connectivity index (χ4n) is 1.66. The molecule has 2 N–H and O–H groups in total. The van der Waals surface area contributed by atoms with Crippen LogP contribution in [0.25, 0.3) is 0 Å². The first kappa shape index (κ1) is 15.2. The van der Waals surface area contributed by atoms with Crippen LogP contribution in [0.15, 0.2) is 24.3 Å². The molecule has 0 bridgehead atoms. The SMILES string of the molecule is N#CCC(O)(C#N)c1ccc(C(O)(C#N)CC#N)cc1. The van der Waals surface area contributed by atoms with Gasteiger partial charge in [-0.2, -0.15) is 21.0 Å². The Bertz CT molecular complexity index is 598. The van der Waals surface area contributed by atoms with Crippen LogP contribution in [-0.4, -0.2) is 10.2 Å². The van der Waals surface area contributed by atoms with Gasteiger partial charge in [0.1, 0.15) is 12.1 Å². The second-order valence-electron chi connectivity index (χ2n) is 4.19. The van der Waals surface area contributed by atoms with Gasteiger partial charge in [0.2, 0.25) is 0 Å². The Balaban J connectivity index is 3.20. The molecule has 20 heavy (non-hydrogen) atoms. The fraction of sp³-hybridized carbons (Fsp3) is 0.286. The average Bonchev–Trinajstić information content (AvgIpc) is 2.47. The zero-order valence-electron chi connectivity index (χ0n) is 10.4. The van der Waals surface area contributed by atoms with Gasteiger partial charge in [0.05, 0.1) is 25.0 Å². The van der Waals surface area contributed by atoms with Crippen molar-refractivity contribution >= 4 is 0 Å². The Morgan fingerprint density at radius 3 is 1.25 bits per heavy atom. The maximum atomic E-state index is 9.98. The average molecular weight is 266 g/mol. The minimum atomic E-state index is -1.94. The molecule has 0 fully saturated rings. The van der Waals surface area contributed by atoms with Crippen LogP contribution in [0.4, 0.5) is 0 Å². The van der Waals surface area contributed by atoms with Crippen LogP contribution in [0.2, 0.25) is 0 Å². The summed E-state index contributed by atoms with van der Waals surface area (Å²) in [6, 6.07) is 12.1. The van der Waals surface area contributed by atoms with Gasteiger partial charge in [-0.25, -0.2) is 0 Å². The van der Waals surface area contributed by atoms with E-state index in [0.717, 1.165) is 0 Å².